The van der Waals surface area contributed by atoms with Crippen molar-refractivity contribution >= 4 is 5.91 Å². The topological polar surface area (TPSA) is 41.1 Å². The molecule has 1 aromatic carbocycles. The first-order valence-corrected chi connectivity index (χ1v) is 7.88. The first-order chi connectivity index (χ1) is 10.2. The van der Waals surface area contributed by atoms with Gasteiger partial charge < -0.3 is 10.6 Å². The summed E-state index contributed by atoms with van der Waals surface area (Å²) in [5.74, 6) is 0.359. The van der Waals surface area contributed by atoms with Crippen LogP contribution in [0.2, 0.25) is 0 Å². The molecule has 1 amide bonds. The van der Waals surface area contributed by atoms with E-state index in [1.807, 2.05) is 13.0 Å². The van der Waals surface area contributed by atoms with Crippen LogP contribution in [0.3, 0.4) is 0 Å². The highest BCUT2D eigenvalue weighted by atomic mass is 19.1. The molecule has 2 N–H and O–H groups in total. The predicted molar refractivity (Wildman–Crippen MR) is 82.5 cm³/mol. The Hall–Kier alpha value is -1.42. The van der Waals surface area contributed by atoms with Crippen LogP contribution >= 0.6 is 0 Å². The maximum atomic E-state index is 13.5. The molecule has 0 radical (unpaired) electrons. The Labute approximate surface area is 126 Å². The van der Waals surface area contributed by atoms with Crippen LogP contribution < -0.4 is 10.6 Å². The molecule has 21 heavy (non-hydrogen) atoms. The summed E-state index contributed by atoms with van der Waals surface area (Å²) in [5.41, 5.74) is 0.689. The van der Waals surface area contributed by atoms with Gasteiger partial charge in [-0.2, -0.15) is 0 Å². The molecular formula is C17H25FN2O. The predicted octanol–water partition coefficient (Wildman–Crippen LogP) is 2.51. The second kappa shape index (κ2) is 8.13. The third-order valence-corrected chi connectivity index (χ3v) is 4.22. The van der Waals surface area contributed by atoms with Gasteiger partial charge in [-0.05, 0) is 56.3 Å². The summed E-state index contributed by atoms with van der Waals surface area (Å²) in [4.78, 5) is 12.1. The summed E-state index contributed by atoms with van der Waals surface area (Å²) in [7, 11) is 0. The van der Waals surface area contributed by atoms with Crippen LogP contribution in [-0.2, 0) is 11.2 Å². The van der Waals surface area contributed by atoms with Crippen molar-refractivity contribution in [3.8, 4) is 0 Å². The number of carbonyl (C=O) groups excluding carboxylic acids is 1. The fourth-order valence-corrected chi connectivity index (χ4v) is 2.72. The van der Waals surface area contributed by atoms with E-state index in [2.05, 4.69) is 10.6 Å². The minimum atomic E-state index is -0.182. The highest BCUT2D eigenvalue weighted by Gasteiger charge is 2.17. The number of hydrogen-bond acceptors (Lipinski definition) is 2. The molecule has 0 aliphatic carbocycles. The van der Waals surface area contributed by atoms with Crippen LogP contribution in [0.1, 0.15) is 31.7 Å². The Morgan fingerprint density at radius 2 is 2.29 bits per heavy atom. The summed E-state index contributed by atoms with van der Waals surface area (Å²) >= 11 is 0. The molecule has 116 valence electrons. The lowest BCUT2D eigenvalue weighted by molar-refractivity contribution is -0.124. The molecule has 3 nitrogen and oxygen atoms in total. The van der Waals surface area contributed by atoms with Crippen LogP contribution in [0.4, 0.5) is 4.39 Å². The van der Waals surface area contributed by atoms with Gasteiger partial charge in [0, 0.05) is 12.5 Å². The van der Waals surface area contributed by atoms with E-state index >= 15 is 0 Å². The Morgan fingerprint density at radius 1 is 1.48 bits per heavy atom. The van der Waals surface area contributed by atoms with Crippen LogP contribution in [0.5, 0.6) is 0 Å². The van der Waals surface area contributed by atoms with Crippen LogP contribution in [-0.4, -0.2) is 25.5 Å². The minimum Gasteiger partial charge on any atom is -0.356 e. The molecule has 0 spiro atoms. The quantitative estimate of drug-likeness (QED) is 0.846. The highest BCUT2D eigenvalue weighted by molar-refractivity contribution is 5.78. The van der Waals surface area contributed by atoms with Gasteiger partial charge >= 0.3 is 0 Å². The summed E-state index contributed by atoms with van der Waals surface area (Å²) in [6.07, 6.45) is 3.64. The van der Waals surface area contributed by atoms with Crippen molar-refractivity contribution in [3.63, 3.8) is 0 Å². The molecule has 2 atom stereocenters. The van der Waals surface area contributed by atoms with E-state index in [1.165, 1.54) is 18.9 Å². The normalized spacial score (nSPS) is 20.0. The maximum absolute atomic E-state index is 13.5. The zero-order chi connectivity index (χ0) is 15.1. The molecule has 1 saturated heterocycles. The van der Waals surface area contributed by atoms with E-state index in [4.69, 9.17) is 0 Å². The van der Waals surface area contributed by atoms with Gasteiger partial charge in [-0.25, -0.2) is 4.39 Å². The first kappa shape index (κ1) is 16.0. The number of nitrogens with one attached hydrogen (secondary N) is 2. The number of aryl methyl sites for hydroxylation is 1. The van der Waals surface area contributed by atoms with Crippen molar-refractivity contribution in [2.75, 3.05) is 19.6 Å². The summed E-state index contributed by atoms with van der Waals surface area (Å²) in [6, 6.07) is 6.77. The zero-order valence-electron chi connectivity index (χ0n) is 12.7. The first-order valence-electron chi connectivity index (χ1n) is 7.88. The van der Waals surface area contributed by atoms with Gasteiger partial charge in [0.15, 0.2) is 0 Å². The Balaban J connectivity index is 1.71. The fraction of sp³-hybridized carbons (Fsp3) is 0.588. The van der Waals surface area contributed by atoms with Gasteiger partial charge in [0.05, 0.1) is 0 Å². The van der Waals surface area contributed by atoms with Crippen LogP contribution in [0, 0.1) is 17.7 Å². The number of benzene rings is 1. The molecule has 1 heterocycles. The van der Waals surface area contributed by atoms with Crippen LogP contribution in [0.15, 0.2) is 24.3 Å². The van der Waals surface area contributed by atoms with Gasteiger partial charge in [-0.15, -0.1) is 0 Å². The monoisotopic (exact) mass is 292 g/mol. The number of hydrogen-bond donors (Lipinski definition) is 2. The van der Waals surface area contributed by atoms with Gasteiger partial charge in [0.25, 0.3) is 0 Å². The number of halogens is 1. The number of carbonyl (C=O) groups is 1. The second-order valence-corrected chi connectivity index (χ2v) is 5.99. The number of amides is 1. The molecule has 0 bridgehead atoms. The van der Waals surface area contributed by atoms with E-state index in [0.717, 1.165) is 19.6 Å². The van der Waals surface area contributed by atoms with E-state index < -0.39 is 0 Å². The zero-order valence-corrected chi connectivity index (χ0v) is 12.7. The maximum Gasteiger partial charge on any atom is 0.222 e. The Morgan fingerprint density at radius 3 is 3.00 bits per heavy atom. The van der Waals surface area contributed by atoms with Crippen molar-refractivity contribution in [3.05, 3.63) is 35.6 Å². The summed E-state index contributed by atoms with van der Waals surface area (Å²) in [5, 5.41) is 6.38. The molecule has 0 saturated carbocycles. The Kier molecular flexibility index (Phi) is 6.18. The molecule has 1 fully saturated rings. The lowest BCUT2D eigenvalue weighted by atomic mass is 9.98. The van der Waals surface area contributed by atoms with E-state index in [0.29, 0.717) is 24.3 Å². The molecule has 0 aromatic heterocycles. The van der Waals surface area contributed by atoms with Gasteiger partial charge in [-0.3, -0.25) is 4.79 Å². The summed E-state index contributed by atoms with van der Waals surface area (Å²) in [6.45, 7) is 4.73. The molecule has 1 aliphatic heterocycles. The Bertz CT molecular complexity index is 458. The van der Waals surface area contributed by atoms with Gasteiger partial charge in [0.2, 0.25) is 5.91 Å². The van der Waals surface area contributed by atoms with Crippen molar-refractivity contribution in [2.45, 2.75) is 32.6 Å². The average molecular weight is 292 g/mol. The smallest absolute Gasteiger partial charge is 0.222 e. The van der Waals surface area contributed by atoms with Gasteiger partial charge in [-0.1, -0.05) is 25.1 Å². The fourth-order valence-electron chi connectivity index (χ4n) is 2.72. The van der Waals surface area contributed by atoms with Crippen molar-refractivity contribution < 1.29 is 9.18 Å². The van der Waals surface area contributed by atoms with Gasteiger partial charge in [0.1, 0.15) is 5.82 Å². The molecule has 1 aliphatic rings. The lowest BCUT2D eigenvalue weighted by Gasteiger charge is -2.23. The molecule has 2 unspecified atom stereocenters. The average Bonchev–Trinajstić information content (AvgIpc) is 2.52. The molecule has 4 heteroatoms. The van der Waals surface area contributed by atoms with E-state index in [-0.39, 0.29) is 17.6 Å². The van der Waals surface area contributed by atoms with E-state index in [1.54, 1.807) is 12.1 Å². The number of rotatable bonds is 6. The van der Waals surface area contributed by atoms with Crippen molar-refractivity contribution in [1.82, 2.24) is 10.6 Å². The highest BCUT2D eigenvalue weighted by Crippen LogP contribution is 2.14. The minimum absolute atomic E-state index is 0.0805. The molecule has 2 rings (SSSR count). The third-order valence-electron chi connectivity index (χ3n) is 4.22. The van der Waals surface area contributed by atoms with Crippen LogP contribution in [0.25, 0.3) is 0 Å². The lowest BCUT2D eigenvalue weighted by Crippen LogP contribution is -2.39. The van der Waals surface area contributed by atoms with E-state index in [9.17, 15) is 9.18 Å². The third kappa shape index (κ3) is 5.12. The van der Waals surface area contributed by atoms with Crippen molar-refractivity contribution in [2.24, 2.45) is 11.8 Å². The largest absolute Gasteiger partial charge is 0.356 e. The van der Waals surface area contributed by atoms with Crippen molar-refractivity contribution in [1.29, 1.82) is 0 Å². The standard InChI is InChI=1S/C17H25FN2O/c1-13(8-9-15-6-2-3-7-16(15)18)17(21)20-12-14-5-4-10-19-11-14/h2-3,6-7,13-14,19H,4-5,8-12H2,1H3,(H,20,21). The SMILES string of the molecule is CC(CCc1ccccc1F)C(=O)NCC1CCCNC1. The molecular weight excluding hydrogens is 267 g/mol. The molecule has 1 aromatic rings. The second-order valence-electron chi connectivity index (χ2n) is 5.99. The summed E-state index contributed by atoms with van der Waals surface area (Å²) < 4.78 is 13.5. The number of piperidine rings is 1.